The van der Waals surface area contributed by atoms with Gasteiger partial charge in [-0.2, -0.15) is 18.3 Å². The lowest BCUT2D eigenvalue weighted by Crippen LogP contribution is -2.14. The van der Waals surface area contributed by atoms with Gasteiger partial charge >= 0.3 is 6.18 Å². The molecule has 3 rings (SSSR count). The van der Waals surface area contributed by atoms with Crippen molar-refractivity contribution in [3.05, 3.63) is 66.1 Å². The molecule has 1 aromatic heterocycles. The van der Waals surface area contributed by atoms with Gasteiger partial charge in [-0.15, -0.1) is 0 Å². The average molecular weight is 385 g/mol. The van der Waals surface area contributed by atoms with Gasteiger partial charge < -0.3 is 0 Å². The number of rotatable bonds is 4. The molecule has 26 heavy (non-hydrogen) atoms. The second-order valence-corrected chi connectivity index (χ2v) is 6.93. The number of alkyl halides is 3. The van der Waals surface area contributed by atoms with Gasteiger partial charge in [0.25, 0.3) is 10.0 Å². The Balaban J connectivity index is 2.11. The molecule has 0 bridgehead atoms. The quantitative estimate of drug-likeness (QED) is 0.666. The summed E-state index contributed by atoms with van der Waals surface area (Å²) in [6.07, 6.45) is -4.81. The van der Waals surface area contributed by atoms with Crippen molar-refractivity contribution in [3.63, 3.8) is 0 Å². The van der Waals surface area contributed by atoms with E-state index >= 15 is 0 Å². The van der Waals surface area contributed by atoms with Crippen LogP contribution in [0.25, 0.3) is 11.1 Å². The Labute approximate surface area is 145 Å². The first-order valence-corrected chi connectivity index (χ1v) is 8.66. The van der Waals surface area contributed by atoms with Crippen LogP contribution in [0.3, 0.4) is 0 Å². The van der Waals surface area contributed by atoms with E-state index in [1.807, 2.05) is 4.72 Å². The molecule has 1 heterocycles. The Morgan fingerprint density at radius 3 is 2.15 bits per heavy atom. The summed E-state index contributed by atoms with van der Waals surface area (Å²) in [4.78, 5) is -0.137. The van der Waals surface area contributed by atoms with Crippen LogP contribution in [0.2, 0.25) is 0 Å². The third-order valence-electron chi connectivity index (χ3n) is 3.47. The minimum Gasteiger partial charge on any atom is -0.271 e. The van der Waals surface area contributed by atoms with Gasteiger partial charge in [-0.05, 0) is 29.8 Å². The minimum atomic E-state index is -4.81. The van der Waals surface area contributed by atoms with Crippen LogP contribution in [0.15, 0.2) is 59.5 Å². The SMILES string of the molecule is O=S(=O)(Nc1n[nH]c(C(F)(F)F)c1-c1ccc(F)cc1)c1ccccc1. The number of nitrogens with one attached hydrogen (secondary N) is 2. The van der Waals surface area contributed by atoms with Gasteiger partial charge in [0.2, 0.25) is 0 Å². The first kappa shape index (κ1) is 17.9. The molecule has 10 heteroatoms. The van der Waals surface area contributed by atoms with Gasteiger partial charge in [-0.25, -0.2) is 12.8 Å². The lowest BCUT2D eigenvalue weighted by molar-refractivity contribution is -0.140. The van der Waals surface area contributed by atoms with Crippen LogP contribution in [-0.4, -0.2) is 18.6 Å². The zero-order chi connectivity index (χ0) is 18.9. The molecule has 2 N–H and O–H groups in total. The third-order valence-corrected chi connectivity index (χ3v) is 4.82. The predicted molar refractivity (Wildman–Crippen MR) is 86.2 cm³/mol. The van der Waals surface area contributed by atoms with Crippen molar-refractivity contribution in [1.82, 2.24) is 10.2 Å². The summed E-state index contributed by atoms with van der Waals surface area (Å²) < 4.78 is 79.7. The molecule has 2 aromatic carbocycles. The molecule has 5 nitrogen and oxygen atoms in total. The van der Waals surface area contributed by atoms with Crippen molar-refractivity contribution in [3.8, 4) is 11.1 Å². The summed E-state index contributed by atoms with van der Waals surface area (Å²) in [6.45, 7) is 0. The molecule has 0 unspecified atom stereocenters. The van der Waals surface area contributed by atoms with Crippen molar-refractivity contribution >= 4 is 15.8 Å². The number of H-pyrrole nitrogens is 1. The normalized spacial score (nSPS) is 12.2. The molecule has 136 valence electrons. The van der Waals surface area contributed by atoms with Crippen LogP contribution < -0.4 is 4.72 Å². The zero-order valence-corrected chi connectivity index (χ0v) is 13.7. The smallest absolute Gasteiger partial charge is 0.271 e. The summed E-state index contributed by atoms with van der Waals surface area (Å²) in [5.41, 5.74) is -1.80. The molecule has 0 aliphatic carbocycles. The number of hydrogen-bond acceptors (Lipinski definition) is 3. The van der Waals surface area contributed by atoms with Gasteiger partial charge in [0.15, 0.2) is 5.82 Å². The Hall–Kier alpha value is -2.88. The van der Waals surface area contributed by atoms with E-state index in [2.05, 4.69) is 5.10 Å². The molecule has 0 saturated heterocycles. The second kappa shape index (κ2) is 6.45. The summed E-state index contributed by atoms with van der Waals surface area (Å²) >= 11 is 0. The van der Waals surface area contributed by atoms with Gasteiger partial charge in [-0.1, -0.05) is 30.3 Å². The largest absolute Gasteiger partial charge is 0.433 e. The Bertz CT molecular complexity index is 1010. The van der Waals surface area contributed by atoms with E-state index in [1.54, 1.807) is 11.2 Å². The topological polar surface area (TPSA) is 74.8 Å². The molecule has 0 amide bonds. The molecule has 0 aliphatic rings. The van der Waals surface area contributed by atoms with E-state index in [4.69, 9.17) is 0 Å². The maximum Gasteiger partial charge on any atom is 0.433 e. The van der Waals surface area contributed by atoms with Crippen molar-refractivity contribution in [2.75, 3.05) is 4.72 Å². The molecule has 0 atom stereocenters. The first-order valence-electron chi connectivity index (χ1n) is 7.18. The summed E-state index contributed by atoms with van der Waals surface area (Å²) in [5, 5.41) is 5.27. The highest BCUT2D eigenvalue weighted by Crippen LogP contribution is 2.40. The van der Waals surface area contributed by atoms with E-state index in [9.17, 15) is 26.0 Å². The predicted octanol–water partition coefficient (Wildman–Crippen LogP) is 4.04. The number of halogens is 4. The molecule has 0 fully saturated rings. The standard InChI is InChI=1S/C16H11F4N3O2S/c17-11-8-6-10(7-9-11)13-14(16(18,19)20)21-22-15(13)23-26(24,25)12-4-2-1-3-5-12/h1-9H,(H2,21,22,23). The van der Waals surface area contributed by atoms with E-state index < -0.39 is 39.1 Å². The van der Waals surface area contributed by atoms with Gasteiger partial charge in [0.05, 0.1) is 10.5 Å². The summed E-state index contributed by atoms with van der Waals surface area (Å²) in [5.74, 6) is -1.18. The number of hydrogen-bond donors (Lipinski definition) is 2. The van der Waals surface area contributed by atoms with Crippen molar-refractivity contribution in [2.45, 2.75) is 11.1 Å². The number of aromatic amines is 1. The Morgan fingerprint density at radius 1 is 0.962 bits per heavy atom. The molecule has 0 spiro atoms. The van der Waals surface area contributed by atoms with Crippen LogP contribution in [0, 0.1) is 5.82 Å². The van der Waals surface area contributed by atoms with Crippen LogP contribution >= 0.6 is 0 Å². The maximum atomic E-state index is 13.3. The zero-order valence-electron chi connectivity index (χ0n) is 12.9. The van der Waals surface area contributed by atoms with Crippen LogP contribution in [0.4, 0.5) is 23.4 Å². The number of sulfonamides is 1. The number of nitrogens with zero attached hydrogens (tertiary/aromatic N) is 1. The first-order chi connectivity index (χ1) is 12.2. The third kappa shape index (κ3) is 3.54. The fraction of sp³-hybridized carbons (Fsp3) is 0.0625. The van der Waals surface area contributed by atoms with Crippen molar-refractivity contribution < 1.29 is 26.0 Å². The number of anilines is 1. The Morgan fingerprint density at radius 2 is 1.58 bits per heavy atom. The number of benzene rings is 2. The maximum absolute atomic E-state index is 13.3. The van der Waals surface area contributed by atoms with Gasteiger partial charge in [0.1, 0.15) is 11.5 Å². The van der Waals surface area contributed by atoms with Crippen LogP contribution in [0.5, 0.6) is 0 Å². The fourth-order valence-corrected chi connectivity index (χ4v) is 3.34. The average Bonchev–Trinajstić information content (AvgIpc) is 2.99. The molecule has 0 radical (unpaired) electrons. The minimum absolute atomic E-state index is 0.0433. The van der Waals surface area contributed by atoms with E-state index in [-0.39, 0.29) is 10.5 Å². The summed E-state index contributed by atoms with van der Waals surface area (Å²) in [6, 6.07) is 11.3. The highest BCUT2D eigenvalue weighted by atomic mass is 32.2. The van der Waals surface area contributed by atoms with Crippen LogP contribution in [-0.2, 0) is 16.2 Å². The molecule has 0 aliphatic heterocycles. The summed E-state index contributed by atoms with van der Waals surface area (Å²) in [7, 11) is -4.16. The molecular weight excluding hydrogens is 374 g/mol. The van der Waals surface area contributed by atoms with Crippen LogP contribution in [0.1, 0.15) is 5.69 Å². The monoisotopic (exact) mass is 385 g/mol. The van der Waals surface area contributed by atoms with Crippen molar-refractivity contribution in [1.29, 1.82) is 0 Å². The Kier molecular flexibility index (Phi) is 4.45. The molecular formula is C16H11F4N3O2S. The lowest BCUT2D eigenvalue weighted by Gasteiger charge is -2.11. The van der Waals surface area contributed by atoms with E-state index in [0.717, 1.165) is 24.3 Å². The lowest BCUT2D eigenvalue weighted by atomic mass is 10.1. The molecule has 3 aromatic rings. The number of aromatic nitrogens is 2. The highest BCUT2D eigenvalue weighted by molar-refractivity contribution is 7.92. The van der Waals surface area contributed by atoms with Gasteiger partial charge in [-0.3, -0.25) is 9.82 Å². The molecule has 0 saturated carbocycles. The van der Waals surface area contributed by atoms with E-state index in [0.29, 0.717) is 0 Å². The fourth-order valence-electron chi connectivity index (χ4n) is 2.30. The van der Waals surface area contributed by atoms with Gasteiger partial charge in [0, 0.05) is 0 Å². The highest BCUT2D eigenvalue weighted by Gasteiger charge is 2.38. The van der Waals surface area contributed by atoms with Crippen molar-refractivity contribution in [2.24, 2.45) is 0 Å². The second-order valence-electron chi connectivity index (χ2n) is 5.25. The van der Waals surface area contributed by atoms with E-state index in [1.165, 1.54) is 24.3 Å².